The van der Waals surface area contributed by atoms with Crippen LogP contribution in [0.25, 0.3) is 21.8 Å². The fourth-order valence-electron chi connectivity index (χ4n) is 3.10. The van der Waals surface area contributed by atoms with E-state index in [1.807, 2.05) is 24.4 Å². The highest BCUT2D eigenvalue weighted by Gasteiger charge is 2.11. The number of rotatable bonds is 4. The molecule has 4 aromatic rings. The summed E-state index contributed by atoms with van der Waals surface area (Å²) >= 11 is 0. The van der Waals surface area contributed by atoms with Gasteiger partial charge in [0.25, 0.3) is 0 Å². The van der Waals surface area contributed by atoms with Crippen molar-refractivity contribution < 1.29 is 4.74 Å². The molecule has 2 aromatic carbocycles. The largest absolute Gasteiger partial charge is 0.497 e. The monoisotopic (exact) mass is 317 g/mol. The molecule has 0 saturated heterocycles. The number of benzene rings is 2. The Hall–Kier alpha value is -3.01. The molecular weight excluding hydrogens is 298 g/mol. The van der Waals surface area contributed by atoms with Gasteiger partial charge in [-0.2, -0.15) is 0 Å². The Kier molecular flexibility index (Phi) is 3.58. The molecule has 0 fully saturated rings. The maximum atomic E-state index is 5.23. The molecule has 0 spiro atoms. The zero-order valence-electron chi connectivity index (χ0n) is 13.8. The molecule has 0 saturated carbocycles. The lowest BCUT2D eigenvalue weighted by molar-refractivity contribution is 0.415. The molecule has 0 atom stereocenters. The smallest absolute Gasteiger partial charge is 0.119 e. The summed E-state index contributed by atoms with van der Waals surface area (Å²) in [6, 6.07) is 18.5. The molecule has 0 unspecified atom stereocenters. The van der Waals surface area contributed by atoms with Crippen LogP contribution in [0.2, 0.25) is 0 Å². The van der Waals surface area contributed by atoms with Crippen LogP contribution in [0, 0.1) is 0 Å². The van der Waals surface area contributed by atoms with Crippen molar-refractivity contribution >= 4 is 27.5 Å². The maximum Gasteiger partial charge on any atom is 0.119 e. The van der Waals surface area contributed by atoms with Crippen molar-refractivity contribution in [1.29, 1.82) is 0 Å². The van der Waals surface area contributed by atoms with Crippen LogP contribution in [0.1, 0.15) is 5.69 Å². The minimum atomic E-state index is 0.730. The number of methoxy groups -OCH3 is 1. The zero-order chi connectivity index (χ0) is 16.5. The van der Waals surface area contributed by atoms with E-state index in [4.69, 9.17) is 9.72 Å². The van der Waals surface area contributed by atoms with Gasteiger partial charge >= 0.3 is 0 Å². The van der Waals surface area contributed by atoms with Crippen LogP contribution < -0.4 is 9.64 Å². The summed E-state index contributed by atoms with van der Waals surface area (Å²) in [5, 5.41) is 2.41. The van der Waals surface area contributed by atoms with Crippen molar-refractivity contribution in [3.8, 4) is 5.75 Å². The number of aromatic amines is 1. The van der Waals surface area contributed by atoms with E-state index in [1.54, 1.807) is 7.11 Å². The molecule has 4 nitrogen and oxygen atoms in total. The van der Waals surface area contributed by atoms with Gasteiger partial charge in [-0.3, -0.25) is 0 Å². The van der Waals surface area contributed by atoms with Crippen molar-refractivity contribution in [3.05, 3.63) is 66.5 Å². The topological polar surface area (TPSA) is 41.1 Å². The highest BCUT2D eigenvalue weighted by atomic mass is 16.5. The van der Waals surface area contributed by atoms with Crippen molar-refractivity contribution in [3.63, 3.8) is 0 Å². The lowest BCUT2D eigenvalue weighted by Crippen LogP contribution is -2.17. The van der Waals surface area contributed by atoms with Crippen molar-refractivity contribution in [2.45, 2.75) is 6.54 Å². The van der Waals surface area contributed by atoms with Gasteiger partial charge in [-0.25, -0.2) is 4.98 Å². The summed E-state index contributed by atoms with van der Waals surface area (Å²) in [7, 11) is 3.76. The van der Waals surface area contributed by atoms with Crippen LogP contribution in [0.3, 0.4) is 0 Å². The van der Waals surface area contributed by atoms with Crippen LogP contribution in [0.5, 0.6) is 5.75 Å². The Morgan fingerprint density at radius 3 is 2.58 bits per heavy atom. The van der Waals surface area contributed by atoms with E-state index in [1.165, 1.54) is 10.8 Å². The molecule has 0 aliphatic carbocycles. The second kappa shape index (κ2) is 5.89. The third kappa shape index (κ3) is 2.46. The zero-order valence-corrected chi connectivity index (χ0v) is 13.8. The lowest BCUT2D eigenvalue weighted by atomic mass is 10.1. The molecule has 0 radical (unpaired) electrons. The number of aromatic nitrogens is 2. The third-order valence-electron chi connectivity index (χ3n) is 4.39. The number of hydrogen-bond acceptors (Lipinski definition) is 3. The van der Waals surface area contributed by atoms with E-state index in [0.29, 0.717) is 0 Å². The normalized spacial score (nSPS) is 11.1. The molecule has 0 bridgehead atoms. The van der Waals surface area contributed by atoms with Crippen LogP contribution in [0.4, 0.5) is 5.69 Å². The Morgan fingerprint density at radius 2 is 1.79 bits per heavy atom. The Balaban J connectivity index is 1.73. The minimum absolute atomic E-state index is 0.730. The van der Waals surface area contributed by atoms with Crippen LogP contribution in [0.15, 0.2) is 60.8 Å². The second-order valence-electron chi connectivity index (χ2n) is 5.90. The molecule has 4 heteroatoms. The first-order valence-electron chi connectivity index (χ1n) is 7.96. The van der Waals surface area contributed by atoms with Crippen LogP contribution >= 0.6 is 0 Å². The van der Waals surface area contributed by atoms with Crippen LogP contribution in [-0.4, -0.2) is 24.1 Å². The SMILES string of the molecule is COc1ccc(N(C)Cc2nc3ccccc3c3cc[nH]c23)cc1. The van der Waals surface area contributed by atoms with Crippen molar-refractivity contribution in [1.82, 2.24) is 9.97 Å². The predicted molar refractivity (Wildman–Crippen MR) is 98.7 cm³/mol. The molecule has 1 N–H and O–H groups in total. The highest BCUT2D eigenvalue weighted by Crippen LogP contribution is 2.27. The molecule has 4 rings (SSSR count). The Bertz CT molecular complexity index is 989. The second-order valence-corrected chi connectivity index (χ2v) is 5.90. The number of para-hydroxylation sites is 1. The summed E-state index contributed by atoms with van der Waals surface area (Å²) in [6.07, 6.45) is 1.98. The molecule has 120 valence electrons. The van der Waals surface area contributed by atoms with E-state index < -0.39 is 0 Å². The molecule has 0 amide bonds. The first-order valence-corrected chi connectivity index (χ1v) is 7.96. The fraction of sp³-hybridized carbons (Fsp3) is 0.150. The van der Waals surface area contributed by atoms with Gasteiger partial charge < -0.3 is 14.6 Å². The van der Waals surface area contributed by atoms with E-state index >= 15 is 0 Å². The van der Waals surface area contributed by atoms with Crippen molar-refractivity contribution in [2.75, 3.05) is 19.1 Å². The van der Waals surface area contributed by atoms with Gasteiger partial charge in [0.05, 0.1) is 30.4 Å². The summed E-state index contributed by atoms with van der Waals surface area (Å²) in [4.78, 5) is 10.4. The predicted octanol–water partition coefficient (Wildman–Crippen LogP) is 4.36. The molecule has 24 heavy (non-hydrogen) atoms. The summed E-state index contributed by atoms with van der Waals surface area (Å²) in [6.45, 7) is 0.730. The summed E-state index contributed by atoms with van der Waals surface area (Å²) in [5.41, 5.74) is 4.31. The molecule has 0 aliphatic rings. The Labute approximate surface area is 140 Å². The van der Waals surface area contributed by atoms with Gasteiger partial charge in [0.15, 0.2) is 0 Å². The van der Waals surface area contributed by atoms with E-state index in [9.17, 15) is 0 Å². The van der Waals surface area contributed by atoms with Gasteiger partial charge in [-0.1, -0.05) is 18.2 Å². The number of H-pyrrole nitrogens is 1. The quantitative estimate of drug-likeness (QED) is 0.608. The summed E-state index contributed by atoms with van der Waals surface area (Å²) < 4.78 is 5.23. The number of nitrogens with one attached hydrogen (secondary N) is 1. The average Bonchev–Trinajstić information content (AvgIpc) is 3.12. The standard InChI is InChI=1S/C20H19N3O/c1-23(14-7-9-15(24-2)10-8-14)13-19-20-17(11-12-21-20)16-5-3-4-6-18(16)22-19/h3-12,21H,13H2,1-2H3. The van der Waals surface area contributed by atoms with Gasteiger partial charge in [-0.15, -0.1) is 0 Å². The average molecular weight is 317 g/mol. The third-order valence-corrected chi connectivity index (χ3v) is 4.39. The molecule has 2 aromatic heterocycles. The maximum absolute atomic E-state index is 5.23. The number of anilines is 1. The number of pyridine rings is 1. The van der Waals surface area contributed by atoms with Gasteiger partial charge in [-0.05, 0) is 36.4 Å². The summed E-state index contributed by atoms with van der Waals surface area (Å²) in [5.74, 6) is 0.864. The number of nitrogens with zero attached hydrogens (tertiary/aromatic N) is 2. The number of hydrogen-bond donors (Lipinski definition) is 1. The van der Waals surface area contributed by atoms with Gasteiger partial charge in [0.2, 0.25) is 0 Å². The molecular formula is C20H19N3O. The first-order chi connectivity index (χ1) is 11.8. The first kappa shape index (κ1) is 14.6. The van der Waals surface area contributed by atoms with Crippen LogP contribution in [-0.2, 0) is 6.54 Å². The lowest BCUT2D eigenvalue weighted by Gasteiger charge is -2.20. The Morgan fingerprint density at radius 1 is 1.00 bits per heavy atom. The fourth-order valence-corrected chi connectivity index (χ4v) is 3.10. The van der Waals surface area contributed by atoms with E-state index in [-0.39, 0.29) is 0 Å². The van der Waals surface area contributed by atoms with E-state index in [2.05, 4.69) is 53.3 Å². The molecule has 0 aliphatic heterocycles. The number of fused-ring (bicyclic) bond motifs is 3. The minimum Gasteiger partial charge on any atom is -0.497 e. The van der Waals surface area contributed by atoms with Crippen molar-refractivity contribution in [2.24, 2.45) is 0 Å². The van der Waals surface area contributed by atoms with E-state index in [0.717, 1.165) is 34.7 Å². The van der Waals surface area contributed by atoms with Gasteiger partial charge in [0.1, 0.15) is 5.75 Å². The molecule has 2 heterocycles. The van der Waals surface area contributed by atoms with Gasteiger partial charge in [0, 0.05) is 29.7 Å². The highest BCUT2D eigenvalue weighted by molar-refractivity contribution is 6.05. The number of ether oxygens (including phenoxy) is 1.